The van der Waals surface area contributed by atoms with Gasteiger partial charge in [0.05, 0.1) is 19.1 Å². The van der Waals surface area contributed by atoms with Gasteiger partial charge in [0.15, 0.2) is 0 Å². The molecule has 1 fully saturated rings. The van der Waals surface area contributed by atoms with E-state index >= 15 is 0 Å². The van der Waals surface area contributed by atoms with E-state index in [0.717, 1.165) is 31.0 Å². The van der Waals surface area contributed by atoms with Crippen LogP contribution in [0, 0.1) is 5.92 Å². The normalized spacial score (nSPS) is 24.4. The van der Waals surface area contributed by atoms with Crippen LogP contribution < -0.4 is 0 Å². The zero-order chi connectivity index (χ0) is 12.7. The first-order chi connectivity index (χ1) is 8.20. The smallest absolute Gasteiger partial charge is 0.310 e. The second-order valence-corrected chi connectivity index (χ2v) is 5.68. The first-order valence-electron chi connectivity index (χ1n) is 6.33. The Hall–Kier alpha value is -0.260. The molecule has 0 radical (unpaired) electrons. The maximum atomic E-state index is 11.1. The Morgan fingerprint density at radius 1 is 1.41 bits per heavy atom. The molecule has 0 saturated carbocycles. The number of carboxylic acids is 1. The van der Waals surface area contributed by atoms with Crippen LogP contribution in [0.5, 0.6) is 0 Å². The maximum absolute atomic E-state index is 11.1. The number of thioether (sulfide) groups is 1. The number of hydrogen-bond donors (Lipinski definition) is 1. The first kappa shape index (κ1) is 14.8. The third-order valence-corrected chi connectivity index (χ3v) is 3.95. The average Bonchev–Trinajstić information content (AvgIpc) is 2.77. The molecule has 1 saturated heterocycles. The van der Waals surface area contributed by atoms with E-state index in [1.54, 1.807) is 0 Å². The van der Waals surface area contributed by atoms with Crippen molar-refractivity contribution in [2.24, 2.45) is 5.92 Å². The molecule has 1 N–H and O–H groups in total. The average molecular weight is 261 g/mol. The van der Waals surface area contributed by atoms with E-state index in [-0.39, 0.29) is 12.0 Å². The van der Waals surface area contributed by atoms with Crippen molar-refractivity contribution in [2.45, 2.75) is 26.3 Å². The van der Waals surface area contributed by atoms with Gasteiger partial charge in [-0.2, -0.15) is 11.8 Å². The summed E-state index contributed by atoms with van der Waals surface area (Å²) in [6.45, 7) is 7.13. The van der Waals surface area contributed by atoms with Crippen LogP contribution in [0.1, 0.15) is 20.3 Å². The number of rotatable bonds is 8. The van der Waals surface area contributed by atoms with Crippen LogP contribution in [-0.2, 0) is 9.53 Å². The zero-order valence-electron chi connectivity index (χ0n) is 10.7. The van der Waals surface area contributed by atoms with Crippen molar-refractivity contribution in [1.82, 2.24) is 4.90 Å². The third kappa shape index (κ3) is 4.48. The van der Waals surface area contributed by atoms with Crippen molar-refractivity contribution < 1.29 is 14.6 Å². The Labute approximate surface area is 108 Å². The van der Waals surface area contributed by atoms with E-state index < -0.39 is 5.97 Å². The van der Waals surface area contributed by atoms with E-state index in [0.29, 0.717) is 13.2 Å². The Kier molecular flexibility index (Phi) is 6.92. The van der Waals surface area contributed by atoms with Gasteiger partial charge in [0.25, 0.3) is 0 Å². The molecule has 1 aliphatic rings. The lowest BCUT2D eigenvalue weighted by molar-refractivity contribution is -0.143. The molecule has 1 heterocycles. The summed E-state index contributed by atoms with van der Waals surface area (Å²) in [6.07, 6.45) is 1.06. The highest BCUT2D eigenvalue weighted by Gasteiger charge is 2.37. The summed E-state index contributed by atoms with van der Waals surface area (Å²) in [4.78, 5) is 13.4. The molecule has 0 aliphatic carbocycles. The van der Waals surface area contributed by atoms with E-state index in [1.165, 1.54) is 0 Å². The molecule has 0 aromatic heterocycles. The number of aliphatic carboxylic acids is 1. The molecule has 0 bridgehead atoms. The van der Waals surface area contributed by atoms with Crippen LogP contribution in [0.3, 0.4) is 0 Å². The Balaban J connectivity index is 2.52. The number of ether oxygens (including phenoxy) is 1. The summed E-state index contributed by atoms with van der Waals surface area (Å²) >= 11 is 1.90. The highest BCUT2D eigenvalue weighted by atomic mass is 32.2. The Morgan fingerprint density at radius 3 is 2.76 bits per heavy atom. The van der Waals surface area contributed by atoms with Crippen molar-refractivity contribution in [1.29, 1.82) is 0 Å². The molecule has 100 valence electrons. The van der Waals surface area contributed by atoms with Crippen molar-refractivity contribution in [3.05, 3.63) is 0 Å². The van der Waals surface area contributed by atoms with Crippen molar-refractivity contribution in [2.75, 3.05) is 37.8 Å². The minimum Gasteiger partial charge on any atom is -0.481 e. The molecule has 4 nitrogen and oxygen atoms in total. The molecule has 5 heteroatoms. The van der Waals surface area contributed by atoms with Crippen molar-refractivity contribution in [3.8, 4) is 0 Å². The second kappa shape index (κ2) is 7.95. The van der Waals surface area contributed by atoms with Crippen molar-refractivity contribution in [3.63, 3.8) is 0 Å². The molecule has 2 unspecified atom stereocenters. The van der Waals surface area contributed by atoms with E-state index in [9.17, 15) is 4.79 Å². The first-order valence-corrected chi connectivity index (χ1v) is 7.48. The fraction of sp³-hybridized carbons (Fsp3) is 0.917. The molecule has 0 amide bonds. The summed E-state index contributed by atoms with van der Waals surface area (Å²) in [6, 6.07) is 0.0601. The van der Waals surface area contributed by atoms with Gasteiger partial charge in [0.2, 0.25) is 0 Å². The van der Waals surface area contributed by atoms with Crippen LogP contribution in [-0.4, -0.2) is 59.8 Å². The van der Waals surface area contributed by atoms with Gasteiger partial charge in [-0.05, 0) is 18.7 Å². The number of carboxylic acid groups (broad SMARTS) is 1. The molecular weight excluding hydrogens is 238 g/mol. The van der Waals surface area contributed by atoms with Crippen molar-refractivity contribution >= 4 is 17.7 Å². The highest BCUT2D eigenvalue weighted by molar-refractivity contribution is 7.99. The molecule has 2 atom stereocenters. The lowest BCUT2D eigenvalue weighted by atomic mass is 10.0. The monoisotopic (exact) mass is 261 g/mol. The molecule has 0 aromatic carbocycles. The van der Waals surface area contributed by atoms with Crippen LogP contribution in [0.4, 0.5) is 0 Å². The van der Waals surface area contributed by atoms with E-state index in [2.05, 4.69) is 18.7 Å². The summed E-state index contributed by atoms with van der Waals surface area (Å²) in [5.74, 6) is 1.10. The van der Waals surface area contributed by atoms with Gasteiger partial charge < -0.3 is 9.84 Å². The molecule has 17 heavy (non-hydrogen) atoms. The summed E-state index contributed by atoms with van der Waals surface area (Å²) in [7, 11) is 0. The lowest BCUT2D eigenvalue weighted by Crippen LogP contribution is -2.44. The molecular formula is C12H23NO3S. The van der Waals surface area contributed by atoms with Gasteiger partial charge in [-0.25, -0.2) is 0 Å². The van der Waals surface area contributed by atoms with E-state index in [1.807, 2.05) is 11.8 Å². The largest absolute Gasteiger partial charge is 0.481 e. The predicted molar refractivity (Wildman–Crippen MR) is 70.6 cm³/mol. The fourth-order valence-electron chi connectivity index (χ4n) is 2.20. The molecule has 1 rings (SSSR count). The second-order valence-electron chi connectivity index (χ2n) is 4.28. The molecule has 1 aliphatic heterocycles. The van der Waals surface area contributed by atoms with Gasteiger partial charge in [0.1, 0.15) is 0 Å². The van der Waals surface area contributed by atoms with E-state index in [4.69, 9.17) is 9.84 Å². The number of nitrogens with zero attached hydrogens (tertiary/aromatic N) is 1. The molecule has 0 aromatic rings. The number of hydrogen-bond acceptors (Lipinski definition) is 4. The van der Waals surface area contributed by atoms with Crippen LogP contribution in [0.15, 0.2) is 0 Å². The maximum Gasteiger partial charge on any atom is 0.310 e. The number of carbonyl (C=O) groups is 1. The van der Waals surface area contributed by atoms with Gasteiger partial charge in [-0.1, -0.05) is 13.8 Å². The van der Waals surface area contributed by atoms with Crippen LogP contribution in [0.2, 0.25) is 0 Å². The lowest BCUT2D eigenvalue weighted by Gasteiger charge is -2.29. The Bertz CT molecular complexity index is 238. The standard InChI is InChI=1S/C12H23NO3S/c1-3-5-13(6-7-17-4-2)11-9-16-8-10(11)12(14)15/h10-11H,3-9H2,1-2H3,(H,14,15). The minimum atomic E-state index is -0.725. The molecule has 0 spiro atoms. The summed E-state index contributed by atoms with van der Waals surface area (Å²) in [5, 5.41) is 9.16. The predicted octanol–water partition coefficient (Wildman–Crippen LogP) is 1.55. The highest BCUT2D eigenvalue weighted by Crippen LogP contribution is 2.20. The summed E-state index contributed by atoms with van der Waals surface area (Å²) < 4.78 is 5.34. The van der Waals surface area contributed by atoms with Crippen LogP contribution in [0.25, 0.3) is 0 Å². The zero-order valence-corrected chi connectivity index (χ0v) is 11.5. The minimum absolute atomic E-state index is 0.0601. The quantitative estimate of drug-likeness (QED) is 0.672. The van der Waals surface area contributed by atoms with Gasteiger partial charge in [-0.15, -0.1) is 0 Å². The summed E-state index contributed by atoms with van der Waals surface area (Å²) in [5.41, 5.74) is 0. The Morgan fingerprint density at radius 2 is 2.18 bits per heavy atom. The van der Waals surface area contributed by atoms with Gasteiger partial charge >= 0.3 is 5.97 Å². The SMILES string of the molecule is CCCN(CCSCC)C1COCC1C(=O)O. The fourth-order valence-corrected chi connectivity index (χ4v) is 2.85. The van der Waals surface area contributed by atoms with Gasteiger partial charge in [0, 0.05) is 18.3 Å². The van der Waals surface area contributed by atoms with Gasteiger partial charge in [-0.3, -0.25) is 9.69 Å². The third-order valence-electron chi connectivity index (χ3n) is 3.07. The van der Waals surface area contributed by atoms with Crippen LogP contribution >= 0.6 is 11.8 Å². The topological polar surface area (TPSA) is 49.8 Å².